The first-order valence-corrected chi connectivity index (χ1v) is 10.3. The van der Waals surface area contributed by atoms with Gasteiger partial charge in [0, 0.05) is 31.2 Å². The molecule has 0 fully saturated rings. The van der Waals surface area contributed by atoms with E-state index in [0.29, 0.717) is 24.5 Å². The normalized spacial score (nSPS) is 13.9. The second-order valence-electron chi connectivity index (χ2n) is 7.69. The molecule has 0 unspecified atom stereocenters. The molecule has 3 aromatic rings. The Labute approximate surface area is 184 Å². The molecule has 162 valence electrons. The van der Waals surface area contributed by atoms with Gasteiger partial charge in [-0.15, -0.1) is 0 Å². The van der Waals surface area contributed by atoms with Crippen molar-refractivity contribution in [1.29, 1.82) is 0 Å². The minimum absolute atomic E-state index is 0.127. The number of carbonyl (C=O) groups excluding carboxylic acids is 2. The minimum atomic E-state index is -0.882. The molecule has 5 nitrogen and oxygen atoms in total. The summed E-state index contributed by atoms with van der Waals surface area (Å²) in [4.78, 5) is 35.4. The van der Waals surface area contributed by atoms with Crippen LogP contribution in [0.4, 0.5) is 8.78 Å². The molecule has 0 N–H and O–H groups in total. The fraction of sp³-hybridized carbons (Fsp3) is 0.200. The number of pyridine rings is 2. The van der Waals surface area contributed by atoms with E-state index in [9.17, 15) is 18.4 Å². The van der Waals surface area contributed by atoms with Gasteiger partial charge in [0.25, 0.3) is 5.91 Å². The van der Waals surface area contributed by atoms with Crippen molar-refractivity contribution >= 4 is 17.3 Å². The summed E-state index contributed by atoms with van der Waals surface area (Å²) >= 11 is 0. The number of halogens is 2. The van der Waals surface area contributed by atoms with Crippen molar-refractivity contribution in [2.75, 3.05) is 13.1 Å². The van der Waals surface area contributed by atoms with Crippen LogP contribution in [-0.2, 0) is 6.42 Å². The zero-order valence-corrected chi connectivity index (χ0v) is 17.5. The second-order valence-corrected chi connectivity index (χ2v) is 7.69. The second kappa shape index (κ2) is 9.18. The van der Waals surface area contributed by atoms with E-state index in [1.807, 2.05) is 13.0 Å². The van der Waals surface area contributed by atoms with E-state index in [4.69, 9.17) is 0 Å². The summed E-state index contributed by atoms with van der Waals surface area (Å²) in [7, 11) is 0. The average molecular weight is 433 g/mol. The quantitative estimate of drug-likeness (QED) is 0.556. The van der Waals surface area contributed by atoms with Crippen molar-refractivity contribution in [3.05, 3.63) is 101 Å². The molecule has 0 spiro atoms. The summed E-state index contributed by atoms with van der Waals surface area (Å²) in [6, 6.07) is 12.1. The Bertz CT molecular complexity index is 1170. The molecule has 0 aliphatic carbocycles. The molecule has 1 aromatic carbocycles. The highest BCUT2D eigenvalue weighted by molar-refractivity contribution is 5.98. The summed E-state index contributed by atoms with van der Waals surface area (Å²) in [6.45, 7) is 3.07. The lowest BCUT2D eigenvalue weighted by molar-refractivity contribution is 0.0767. The lowest BCUT2D eigenvalue weighted by Gasteiger charge is -2.30. The maximum Gasteiger partial charge on any atom is 0.272 e. The van der Waals surface area contributed by atoms with Crippen LogP contribution >= 0.6 is 0 Å². The van der Waals surface area contributed by atoms with Gasteiger partial charge in [0.15, 0.2) is 5.78 Å². The van der Waals surface area contributed by atoms with Gasteiger partial charge in [-0.05, 0) is 54.8 Å². The molecule has 0 radical (unpaired) electrons. The molecular formula is C25H21F2N3O2. The average Bonchev–Trinajstić information content (AvgIpc) is 2.80. The van der Waals surface area contributed by atoms with E-state index >= 15 is 0 Å². The van der Waals surface area contributed by atoms with E-state index < -0.39 is 23.0 Å². The maximum absolute atomic E-state index is 13.9. The maximum atomic E-state index is 13.9. The Morgan fingerprint density at radius 3 is 2.44 bits per heavy atom. The van der Waals surface area contributed by atoms with Gasteiger partial charge in [0.2, 0.25) is 0 Å². The van der Waals surface area contributed by atoms with Crippen LogP contribution in [0.2, 0.25) is 0 Å². The zero-order valence-electron chi connectivity index (χ0n) is 17.5. The van der Waals surface area contributed by atoms with Gasteiger partial charge in [-0.2, -0.15) is 0 Å². The van der Waals surface area contributed by atoms with E-state index in [2.05, 4.69) is 9.97 Å². The number of hydrogen-bond acceptors (Lipinski definition) is 4. The Morgan fingerprint density at radius 1 is 1.00 bits per heavy atom. The number of aromatic nitrogens is 2. The van der Waals surface area contributed by atoms with Gasteiger partial charge in [-0.1, -0.05) is 23.8 Å². The number of ketones is 1. The summed E-state index contributed by atoms with van der Waals surface area (Å²) in [6.07, 6.45) is 3.76. The van der Waals surface area contributed by atoms with Crippen molar-refractivity contribution in [3.63, 3.8) is 0 Å². The van der Waals surface area contributed by atoms with Crippen molar-refractivity contribution in [1.82, 2.24) is 14.9 Å². The molecule has 2 aromatic heterocycles. The molecule has 3 heterocycles. The lowest BCUT2D eigenvalue weighted by atomic mass is 9.95. The minimum Gasteiger partial charge on any atom is -0.333 e. The summed E-state index contributed by atoms with van der Waals surface area (Å²) in [5.41, 5.74) is 3.26. The smallest absolute Gasteiger partial charge is 0.272 e. The summed E-state index contributed by atoms with van der Waals surface area (Å²) in [5, 5.41) is 0. The third kappa shape index (κ3) is 4.46. The van der Waals surface area contributed by atoms with Crippen LogP contribution in [0.3, 0.4) is 0 Å². The fourth-order valence-corrected chi connectivity index (χ4v) is 3.75. The van der Waals surface area contributed by atoms with Gasteiger partial charge in [-0.3, -0.25) is 19.6 Å². The molecule has 0 bridgehead atoms. The van der Waals surface area contributed by atoms with Crippen molar-refractivity contribution in [2.45, 2.75) is 19.8 Å². The highest BCUT2D eigenvalue weighted by Gasteiger charge is 2.24. The number of Topliss-reactive ketones (excluding diaryl/α,β-unsaturated/α-hetero) is 1. The number of rotatable bonds is 5. The molecule has 4 rings (SSSR count). The van der Waals surface area contributed by atoms with Crippen LogP contribution in [0.15, 0.2) is 66.5 Å². The highest BCUT2D eigenvalue weighted by atomic mass is 19.1. The van der Waals surface area contributed by atoms with Gasteiger partial charge in [0.1, 0.15) is 17.3 Å². The van der Waals surface area contributed by atoms with Gasteiger partial charge >= 0.3 is 0 Å². The predicted octanol–water partition coefficient (Wildman–Crippen LogP) is 4.50. The van der Waals surface area contributed by atoms with Crippen LogP contribution in [-0.4, -0.2) is 39.6 Å². The Morgan fingerprint density at radius 2 is 1.78 bits per heavy atom. The Kier molecular flexibility index (Phi) is 6.16. The first kappa shape index (κ1) is 21.5. The van der Waals surface area contributed by atoms with E-state index in [0.717, 1.165) is 35.3 Å². The molecule has 1 amide bonds. The largest absolute Gasteiger partial charge is 0.333 e. The standard InChI is InChI=1S/C25H21F2N3O2/c1-16-10-12-30(25(32)22-7-2-3-11-28-22)15-19(16)17-8-9-18(29-14-17)13-23(31)24-20(26)5-4-6-21(24)27/h2-9,11,14H,10,12-13,15H2,1H3. The van der Waals surface area contributed by atoms with Crippen LogP contribution in [0.25, 0.3) is 5.57 Å². The summed E-state index contributed by atoms with van der Waals surface area (Å²) in [5.74, 6) is -2.56. The zero-order chi connectivity index (χ0) is 22.7. The molecule has 0 atom stereocenters. The predicted molar refractivity (Wildman–Crippen MR) is 116 cm³/mol. The number of nitrogens with zero attached hydrogens (tertiary/aromatic N) is 3. The third-order valence-corrected chi connectivity index (χ3v) is 5.55. The Balaban J connectivity index is 1.49. The molecule has 0 saturated carbocycles. The number of benzene rings is 1. The van der Waals surface area contributed by atoms with Gasteiger partial charge in [-0.25, -0.2) is 8.78 Å². The number of carbonyl (C=O) groups is 2. The third-order valence-electron chi connectivity index (χ3n) is 5.55. The SMILES string of the molecule is CC1=C(c2ccc(CC(=O)c3c(F)cccc3F)nc2)CN(C(=O)c2ccccn2)CC1. The van der Waals surface area contributed by atoms with Crippen molar-refractivity contribution < 1.29 is 18.4 Å². The van der Waals surface area contributed by atoms with Crippen molar-refractivity contribution in [3.8, 4) is 0 Å². The Hall–Kier alpha value is -3.74. The van der Waals surface area contributed by atoms with E-state index in [1.165, 1.54) is 6.07 Å². The topological polar surface area (TPSA) is 63.2 Å². The monoisotopic (exact) mass is 433 g/mol. The number of hydrogen-bond donors (Lipinski definition) is 0. The molecule has 1 aliphatic rings. The molecule has 1 aliphatic heterocycles. The molecule has 32 heavy (non-hydrogen) atoms. The van der Waals surface area contributed by atoms with Gasteiger partial charge < -0.3 is 4.90 Å². The van der Waals surface area contributed by atoms with Crippen LogP contribution < -0.4 is 0 Å². The van der Waals surface area contributed by atoms with Crippen LogP contribution in [0.5, 0.6) is 0 Å². The number of amides is 1. The fourth-order valence-electron chi connectivity index (χ4n) is 3.75. The molecule has 0 saturated heterocycles. The molecule has 7 heteroatoms. The van der Waals surface area contributed by atoms with E-state index in [1.54, 1.807) is 41.6 Å². The highest BCUT2D eigenvalue weighted by Crippen LogP contribution is 2.27. The van der Waals surface area contributed by atoms with Crippen molar-refractivity contribution in [2.24, 2.45) is 0 Å². The first-order chi connectivity index (χ1) is 15.4. The summed E-state index contributed by atoms with van der Waals surface area (Å²) < 4.78 is 27.7. The van der Waals surface area contributed by atoms with E-state index in [-0.39, 0.29) is 12.3 Å². The molecular weight excluding hydrogens is 412 g/mol. The lowest BCUT2D eigenvalue weighted by Crippen LogP contribution is -2.36. The van der Waals surface area contributed by atoms with Crippen LogP contribution in [0, 0.1) is 11.6 Å². The first-order valence-electron chi connectivity index (χ1n) is 10.3. The van der Waals surface area contributed by atoms with Gasteiger partial charge in [0.05, 0.1) is 12.0 Å². The van der Waals surface area contributed by atoms with Crippen LogP contribution in [0.1, 0.15) is 45.4 Å².